The Morgan fingerprint density at radius 1 is 1.20 bits per heavy atom. The van der Waals surface area contributed by atoms with Crippen LogP contribution in [-0.4, -0.2) is 25.0 Å². The Bertz CT molecular complexity index is 764. The number of aryl methyl sites for hydroxylation is 2. The fraction of sp³-hybridized carbons (Fsp3) is 0.222. The Morgan fingerprint density at radius 2 is 1.96 bits per heavy atom. The molecule has 2 rings (SSSR count). The van der Waals surface area contributed by atoms with Gasteiger partial charge in [0.15, 0.2) is 5.96 Å². The minimum absolute atomic E-state index is 0. The lowest BCUT2D eigenvalue weighted by Crippen LogP contribution is -2.28. The molecule has 134 valence electrons. The Hall–Kier alpha value is -2.16. The maximum absolute atomic E-state index is 13.4. The summed E-state index contributed by atoms with van der Waals surface area (Å²) in [6.07, 6.45) is 0. The van der Waals surface area contributed by atoms with Gasteiger partial charge in [-0.3, -0.25) is 9.79 Å². The summed E-state index contributed by atoms with van der Waals surface area (Å²) >= 11 is 0. The van der Waals surface area contributed by atoms with Crippen LogP contribution in [0.2, 0.25) is 0 Å². The minimum Gasteiger partial charge on any atom is -0.370 e. The van der Waals surface area contributed by atoms with E-state index >= 15 is 0 Å². The smallest absolute Gasteiger partial charge is 0.251 e. The van der Waals surface area contributed by atoms with Crippen LogP contribution in [0.4, 0.5) is 10.1 Å². The number of hydrogen-bond donors (Lipinski definition) is 3. The highest BCUT2D eigenvalue weighted by atomic mass is 127. The average molecular weight is 456 g/mol. The van der Waals surface area contributed by atoms with Crippen molar-refractivity contribution in [1.29, 1.82) is 0 Å². The fourth-order valence-electron chi connectivity index (χ4n) is 2.09. The zero-order valence-corrected chi connectivity index (χ0v) is 16.5. The van der Waals surface area contributed by atoms with Crippen molar-refractivity contribution in [3.63, 3.8) is 0 Å². The zero-order valence-electron chi connectivity index (χ0n) is 14.2. The van der Waals surface area contributed by atoms with Crippen LogP contribution in [0.1, 0.15) is 21.5 Å². The van der Waals surface area contributed by atoms with Crippen LogP contribution in [0, 0.1) is 19.7 Å². The molecule has 0 aliphatic heterocycles. The Kier molecular flexibility index (Phi) is 8.33. The first kappa shape index (κ1) is 20.9. The molecule has 25 heavy (non-hydrogen) atoms. The van der Waals surface area contributed by atoms with Gasteiger partial charge in [0.25, 0.3) is 5.91 Å². The summed E-state index contributed by atoms with van der Waals surface area (Å²) < 4.78 is 13.4. The van der Waals surface area contributed by atoms with Crippen molar-refractivity contribution in [2.24, 2.45) is 10.7 Å². The van der Waals surface area contributed by atoms with Gasteiger partial charge >= 0.3 is 0 Å². The lowest BCUT2D eigenvalue weighted by Gasteiger charge is -2.07. The second kappa shape index (κ2) is 9.97. The molecule has 0 aliphatic carbocycles. The molecule has 1 amide bonds. The number of aliphatic imine (C=N–C) groups is 1. The molecule has 0 atom stereocenters. The van der Waals surface area contributed by atoms with Gasteiger partial charge < -0.3 is 16.4 Å². The summed E-state index contributed by atoms with van der Waals surface area (Å²) in [4.78, 5) is 16.0. The first-order valence-corrected chi connectivity index (χ1v) is 7.63. The summed E-state index contributed by atoms with van der Waals surface area (Å²) in [7, 11) is 0. The lowest BCUT2D eigenvalue weighted by molar-refractivity contribution is 0.0954. The molecule has 0 aromatic heterocycles. The van der Waals surface area contributed by atoms with Crippen LogP contribution in [0.3, 0.4) is 0 Å². The van der Waals surface area contributed by atoms with E-state index in [1.807, 2.05) is 31.2 Å². The van der Waals surface area contributed by atoms with Gasteiger partial charge in [-0.05, 0) is 49.2 Å². The van der Waals surface area contributed by atoms with Crippen molar-refractivity contribution >= 4 is 41.5 Å². The predicted octanol–water partition coefficient (Wildman–Crippen LogP) is 3.22. The normalized spacial score (nSPS) is 10.8. The molecule has 2 aromatic carbocycles. The van der Waals surface area contributed by atoms with Crippen molar-refractivity contribution in [3.05, 3.63) is 65.0 Å². The standard InChI is InChI=1S/C18H21FN4O.HI/c1-12-4-3-5-15(10-12)23-18(20)22-9-8-21-17(24)14-7-6-13(2)16(19)11-14;/h3-7,10-11H,8-9H2,1-2H3,(H,21,24)(H3,20,22,23);1H. The van der Waals surface area contributed by atoms with E-state index in [4.69, 9.17) is 5.73 Å². The van der Waals surface area contributed by atoms with Crippen LogP contribution in [0.15, 0.2) is 47.5 Å². The molecule has 0 saturated heterocycles. The molecule has 2 aromatic rings. The van der Waals surface area contributed by atoms with Gasteiger partial charge in [-0.2, -0.15) is 0 Å². The number of anilines is 1. The number of carbonyl (C=O) groups is 1. The van der Waals surface area contributed by atoms with E-state index in [0.29, 0.717) is 18.7 Å². The summed E-state index contributed by atoms with van der Waals surface area (Å²) in [6, 6.07) is 12.1. The van der Waals surface area contributed by atoms with Gasteiger partial charge in [0, 0.05) is 17.8 Å². The number of halogens is 2. The third-order valence-electron chi connectivity index (χ3n) is 3.40. The summed E-state index contributed by atoms with van der Waals surface area (Å²) in [6.45, 7) is 4.27. The number of hydrogen-bond acceptors (Lipinski definition) is 2. The maximum atomic E-state index is 13.4. The van der Waals surface area contributed by atoms with E-state index in [0.717, 1.165) is 11.3 Å². The first-order valence-electron chi connectivity index (χ1n) is 7.63. The van der Waals surface area contributed by atoms with Gasteiger partial charge in [-0.25, -0.2) is 4.39 Å². The molecule has 0 spiro atoms. The largest absolute Gasteiger partial charge is 0.370 e. The summed E-state index contributed by atoms with van der Waals surface area (Å²) in [5.74, 6) is -0.460. The molecule has 0 unspecified atom stereocenters. The number of nitrogens with one attached hydrogen (secondary N) is 2. The highest BCUT2D eigenvalue weighted by Gasteiger charge is 2.07. The van der Waals surface area contributed by atoms with Crippen LogP contribution in [0.5, 0.6) is 0 Å². The van der Waals surface area contributed by atoms with Gasteiger partial charge in [-0.15, -0.1) is 24.0 Å². The fourth-order valence-corrected chi connectivity index (χ4v) is 2.09. The summed E-state index contributed by atoms with van der Waals surface area (Å²) in [5, 5.41) is 5.66. The number of nitrogens with two attached hydrogens (primary N) is 1. The Balaban J connectivity index is 0.00000312. The van der Waals surface area contributed by atoms with Crippen LogP contribution < -0.4 is 16.4 Å². The lowest BCUT2D eigenvalue weighted by atomic mass is 10.1. The second-order valence-corrected chi connectivity index (χ2v) is 5.48. The number of rotatable bonds is 5. The molecule has 7 heteroatoms. The zero-order chi connectivity index (χ0) is 17.5. The van der Waals surface area contributed by atoms with E-state index in [1.165, 1.54) is 6.07 Å². The number of guanidine groups is 1. The minimum atomic E-state index is -0.396. The van der Waals surface area contributed by atoms with E-state index < -0.39 is 5.82 Å². The van der Waals surface area contributed by atoms with Gasteiger partial charge in [-0.1, -0.05) is 18.2 Å². The molecule has 0 radical (unpaired) electrons. The number of carbonyl (C=O) groups excluding carboxylic acids is 1. The molecule has 0 aliphatic rings. The van der Waals surface area contributed by atoms with Crippen molar-refractivity contribution in [2.75, 3.05) is 18.4 Å². The van der Waals surface area contributed by atoms with E-state index in [1.54, 1.807) is 19.1 Å². The van der Waals surface area contributed by atoms with Crippen LogP contribution in [0.25, 0.3) is 0 Å². The van der Waals surface area contributed by atoms with E-state index in [9.17, 15) is 9.18 Å². The third-order valence-corrected chi connectivity index (χ3v) is 3.40. The molecule has 0 heterocycles. The monoisotopic (exact) mass is 456 g/mol. The highest BCUT2D eigenvalue weighted by molar-refractivity contribution is 14.0. The predicted molar refractivity (Wildman–Crippen MR) is 110 cm³/mol. The SMILES string of the molecule is Cc1cccc(NC(N)=NCCNC(=O)c2ccc(C)c(F)c2)c1.I. The quantitative estimate of drug-likeness (QED) is 0.280. The molecule has 0 fully saturated rings. The topological polar surface area (TPSA) is 79.5 Å². The Morgan fingerprint density at radius 3 is 2.64 bits per heavy atom. The highest BCUT2D eigenvalue weighted by Crippen LogP contribution is 2.09. The molecule has 5 nitrogen and oxygen atoms in total. The Labute approximate surface area is 163 Å². The van der Waals surface area contributed by atoms with Gasteiger partial charge in [0.2, 0.25) is 0 Å². The summed E-state index contributed by atoms with van der Waals surface area (Å²) in [5.41, 5.74) is 8.56. The molecular weight excluding hydrogens is 434 g/mol. The maximum Gasteiger partial charge on any atom is 0.251 e. The average Bonchev–Trinajstić information content (AvgIpc) is 2.54. The number of benzene rings is 2. The van der Waals surface area contributed by atoms with E-state index in [2.05, 4.69) is 15.6 Å². The van der Waals surface area contributed by atoms with Crippen molar-refractivity contribution in [1.82, 2.24) is 5.32 Å². The van der Waals surface area contributed by atoms with Crippen molar-refractivity contribution in [3.8, 4) is 0 Å². The first-order chi connectivity index (χ1) is 11.5. The molecular formula is C18H22FIN4O. The van der Waals surface area contributed by atoms with E-state index in [-0.39, 0.29) is 41.4 Å². The van der Waals surface area contributed by atoms with Gasteiger partial charge in [0.05, 0.1) is 6.54 Å². The third kappa shape index (κ3) is 6.69. The number of nitrogens with zero attached hydrogens (tertiary/aromatic N) is 1. The number of amides is 1. The van der Waals surface area contributed by atoms with Crippen LogP contribution in [-0.2, 0) is 0 Å². The van der Waals surface area contributed by atoms with Crippen molar-refractivity contribution < 1.29 is 9.18 Å². The second-order valence-electron chi connectivity index (χ2n) is 5.48. The molecule has 0 saturated carbocycles. The molecule has 0 bridgehead atoms. The van der Waals surface area contributed by atoms with Crippen molar-refractivity contribution in [2.45, 2.75) is 13.8 Å². The molecule has 4 N–H and O–H groups in total. The van der Waals surface area contributed by atoms with Crippen LogP contribution >= 0.6 is 24.0 Å². The van der Waals surface area contributed by atoms with Gasteiger partial charge in [0.1, 0.15) is 5.82 Å².